The molecule has 7 N–H and O–H groups in total. The Morgan fingerprint density at radius 3 is 2.29 bits per heavy atom. The van der Waals surface area contributed by atoms with E-state index in [4.69, 9.17) is 5.73 Å². The summed E-state index contributed by atoms with van der Waals surface area (Å²) in [5.74, 6) is -8.79. The second-order valence-corrected chi connectivity index (χ2v) is 11.6. The largest absolute Gasteiger partial charge is 0.510 e. The third kappa shape index (κ3) is 3.47. The van der Waals surface area contributed by atoms with Crippen molar-refractivity contribution in [3.05, 3.63) is 51.5 Å². The first kappa shape index (κ1) is 27.8. The normalized spacial score (nSPS) is 31.3. The van der Waals surface area contributed by atoms with Crippen LogP contribution in [0.25, 0.3) is 0 Å². The highest BCUT2D eigenvalue weighted by atomic mass is 16.4. The minimum atomic E-state index is -2.92. The molecule has 1 amide bonds. The van der Waals surface area contributed by atoms with Gasteiger partial charge in [0.15, 0.2) is 11.4 Å². The molecule has 0 spiro atoms. The van der Waals surface area contributed by atoms with Gasteiger partial charge in [-0.3, -0.25) is 19.3 Å². The van der Waals surface area contributed by atoms with Gasteiger partial charge in [0.05, 0.1) is 23.6 Å². The summed E-state index contributed by atoms with van der Waals surface area (Å²) in [6, 6.07) is 2.20. The summed E-state index contributed by atoms with van der Waals surface area (Å²) >= 11 is 0. The Balaban J connectivity index is 2.02. The summed E-state index contributed by atoms with van der Waals surface area (Å²) in [4.78, 5) is 40.9. The van der Waals surface area contributed by atoms with Gasteiger partial charge >= 0.3 is 0 Å². The lowest BCUT2D eigenvalue weighted by atomic mass is 9.55. The number of ketones is 2. The fourth-order valence-corrected chi connectivity index (χ4v) is 6.93. The van der Waals surface area contributed by atoms with Crippen LogP contribution in [0.1, 0.15) is 67.9 Å². The van der Waals surface area contributed by atoms with Crippen molar-refractivity contribution < 1.29 is 39.9 Å². The summed E-state index contributed by atoms with van der Waals surface area (Å²) in [7, 11) is 3.00. The number of aliphatic hydroxyl groups is 4. The molecule has 0 heterocycles. The first-order valence-electron chi connectivity index (χ1n) is 12.7. The van der Waals surface area contributed by atoms with Crippen molar-refractivity contribution in [2.45, 2.75) is 69.6 Å². The topological polar surface area (TPSA) is 182 Å². The van der Waals surface area contributed by atoms with Gasteiger partial charge in [-0.2, -0.15) is 0 Å². The summed E-state index contributed by atoms with van der Waals surface area (Å²) in [6.45, 7) is 7.61. The molecule has 1 aromatic carbocycles. The molecular weight excluding hydrogens is 492 g/mol. The number of carbonyl (C=O) groups excluding carboxylic acids is 3. The number of rotatable bonds is 5. The van der Waals surface area contributed by atoms with Crippen molar-refractivity contribution >= 4 is 17.5 Å². The lowest BCUT2D eigenvalue weighted by Crippen LogP contribution is -2.68. The fraction of sp³-hybridized carbons (Fsp3) is 0.536. The standard InChI is InChI=1S/C28H36N2O8/c1-7-10-27(3,4)13-9-8-12-11(2)14-16(21(32)15(12)20(13)31)24(35)28(38)18(22(14)33)19(30(5)6)23(34)17(25(28)36)26(29)37/h8-9,11,14,18-19,22,31,33-35,38H,7,10H2,1-6H3,(H2,29,37)/t11-,14+,18+,19-,22-,28+/m1/s1. The van der Waals surface area contributed by atoms with Crippen LogP contribution in [0.2, 0.25) is 0 Å². The number of hydrogen-bond donors (Lipinski definition) is 6. The molecule has 38 heavy (non-hydrogen) atoms. The van der Waals surface area contributed by atoms with Crippen LogP contribution in [0.3, 0.4) is 0 Å². The third-order valence-corrected chi connectivity index (χ3v) is 8.74. The second-order valence-electron chi connectivity index (χ2n) is 11.6. The fourth-order valence-electron chi connectivity index (χ4n) is 6.93. The maximum absolute atomic E-state index is 14.0. The minimum absolute atomic E-state index is 0.0628. The number of benzene rings is 1. The molecule has 6 atom stereocenters. The van der Waals surface area contributed by atoms with Gasteiger partial charge in [0.25, 0.3) is 5.91 Å². The van der Waals surface area contributed by atoms with Gasteiger partial charge in [0.1, 0.15) is 22.8 Å². The Morgan fingerprint density at radius 1 is 1.16 bits per heavy atom. The summed E-state index contributed by atoms with van der Waals surface area (Å²) < 4.78 is 0. The molecule has 0 bridgehead atoms. The molecule has 206 valence electrons. The van der Waals surface area contributed by atoms with E-state index in [1.807, 2.05) is 20.8 Å². The molecule has 0 saturated heterocycles. The van der Waals surface area contributed by atoms with Crippen molar-refractivity contribution in [2.75, 3.05) is 14.1 Å². The SMILES string of the molecule is CCCC(C)(C)c1ccc2c(c1O)C(=O)C1=C(O)[C@]3(O)C(=O)C(C(N)=O)=C(O)[C@H](N(C)C)[C@H]3[C@H](O)[C@H]1[C@@H]2C. The van der Waals surface area contributed by atoms with Crippen LogP contribution in [-0.2, 0) is 15.0 Å². The summed E-state index contributed by atoms with van der Waals surface area (Å²) in [5, 5.41) is 57.0. The Morgan fingerprint density at radius 2 is 1.76 bits per heavy atom. The Hall–Kier alpha value is -3.21. The highest BCUT2D eigenvalue weighted by Crippen LogP contribution is 2.56. The number of aliphatic hydroxyl groups excluding tert-OH is 3. The molecule has 0 aromatic heterocycles. The monoisotopic (exact) mass is 528 g/mol. The molecule has 0 saturated carbocycles. The molecule has 10 nitrogen and oxygen atoms in total. The summed E-state index contributed by atoms with van der Waals surface area (Å²) in [6.07, 6.45) is -0.0455. The molecule has 0 fully saturated rings. The molecule has 0 unspecified atom stereocenters. The number of Topliss-reactive ketones (excluding diaryl/α,β-unsaturated/α-hetero) is 2. The van der Waals surface area contributed by atoms with E-state index in [1.165, 1.54) is 19.0 Å². The lowest BCUT2D eigenvalue weighted by Gasteiger charge is -2.53. The number of carbonyl (C=O) groups is 3. The van der Waals surface area contributed by atoms with Crippen molar-refractivity contribution in [3.8, 4) is 5.75 Å². The van der Waals surface area contributed by atoms with Crippen LogP contribution >= 0.6 is 0 Å². The van der Waals surface area contributed by atoms with Crippen molar-refractivity contribution in [1.29, 1.82) is 0 Å². The van der Waals surface area contributed by atoms with E-state index >= 15 is 0 Å². The highest BCUT2D eigenvalue weighted by Gasteiger charge is 2.67. The smallest absolute Gasteiger partial charge is 0.255 e. The van der Waals surface area contributed by atoms with Crippen LogP contribution in [0, 0.1) is 11.8 Å². The average molecular weight is 529 g/mol. The third-order valence-electron chi connectivity index (χ3n) is 8.74. The number of hydrogen-bond acceptors (Lipinski definition) is 9. The minimum Gasteiger partial charge on any atom is -0.510 e. The van der Waals surface area contributed by atoms with Gasteiger partial charge < -0.3 is 31.3 Å². The number of nitrogens with zero attached hydrogens (tertiary/aromatic N) is 1. The van der Waals surface area contributed by atoms with Crippen molar-refractivity contribution in [2.24, 2.45) is 17.6 Å². The number of amides is 1. The number of fused-ring (bicyclic) bond motifs is 3. The van der Waals surface area contributed by atoms with Crippen molar-refractivity contribution in [1.82, 2.24) is 4.90 Å². The molecule has 4 rings (SSSR count). The molecule has 10 heteroatoms. The molecule has 3 aliphatic carbocycles. The molecule has 1 aromatic rings. The number of nitrogens with two attached hydrogens (primary N) is 1. The molecule has 3 aliphatic rings. The maximum atomic E-state index is 14.0. The predicted octanol–water partition coefficient (Wildman–Crippen LogP) is 1.73. The van der Waals surface area contributed by atoms with E-state index in [0.29, 0.717) is 11.1 Å². The number of primary amides is 1. The van der Waals surface area contributed by atoms with Gasteiger partial charge in [-0.25, -0.2) is 0 Å². The maximum Gasteiger partial charge on any atom is 0.255 e. The van der Waals surface area contributed by atoms with E-state index in [1.54, 1.807) is 19.1 Å². The number of phenols is 1. The van der Waals surface area contributed by atoms with Gasteiger partial charge in [-0.15, -0.1) is 0 Å². The number of aromatic hydroxyl groups is 1. The van der Waals surface area contributed by atoms with Gasteiger partial charge in [-0.05, 0) is 37.4 Å². The van der Waals surface area contributed by atoms with E-state index in [0.717, 1.165) is 12.8 Å². The van der Waals surface area contributed by atoms with Crippen LogP contribution in [0.15, 0.2) is 34.8 Å². The Labute approximate surface area is 221 Å². The van der Waals surface area contributed by atoms with Crippen LogP contribution in [0.5, 0.6) is 5.75 Å². The molecular formula is C28H36N2O8. The van der Waals surface area contributed by atoms with Crippen molar-refractivity contribution in [3.63, 3.8) is 0 Å². The second kappa shape index (κ2) is 8.93. The van der Waals surface area contributed by atoms with E-state index in [-0.39, 0.29) is 11.3 Å². The van der Waals surface area contributed by atoms with Crippen LogP contribution < -0.4 is 5.73 Å². The zero-order chi connectivity index (χ0) is 28.6. The molecule has 0 radical (unpaired) electrons. The van der Waals surface area contributed by atoms with E-state index in [9.17, 15) is 39.9 Å². The van der Waals surface area contributed by atoms with Crippen LogP contribution in [-0.4, -0.2) is 79.7 Å². The Bertz CT molecular complexity index is 1310. The number of likely N-dealkylation sites (N-methyl/N-ethyl adjacent to an activating group) is 1. The Kier molecular flexibility index (Phi) is 6.54. The highest BCUT2D eigenvalue weighted by molar-refractivity contribution is 6.25. The quantitative estimate of drug-likeness (QED) is 0.310. The lowest BCUT2D eigenvalue weighted by molar-refractivity contribution is -0.162. The van der Waals surface area contributed by atoms with Gasteiger partial charge in [0, 0.05) is 17.1 Å². The van der Waals surface area contributed by atoms with Gasteiger partial charge in [-0.1, -0.05) is 46.2 Å². The zero-order valence-electron chi connectivity index (χ0n) is 22.4. The van der Waals surface area contributed by atoms with E-state index < -0.39 is 81.1 Å². The summed E-state index contributed by atoms with van der Waals surface area (Å²) in [5.41, 5.74) is 1.56. The van der Waals surface area contributed by atoms with Crippen LogP contribution in [0.4, 0.5) is 0 Å². The molecule has 0 aliphatic heterocycles. The number of phenolic OH excluding ortho intramolecular Hbond substituents is 1. The first-order chi connectivity index (χ1) is 17.5. The first-order valence-corrected chi connectivity index (χ1v) is 12.7. The zero-order valence-corrected chi connectivity index (χ0v) is 22.4. The average Bonchev–Trinajstić information content (AvgIpc) is 2.80. The predicted molar refractivity (Wildman–Crippen MR) is 138 cm³/mol. The van der Waals surface area contributed by atoms with Gasteiger partial charge in [0.2, 0.25) is 5.78 Å². The van der Waals surface area contributed by atoms with E-state index in [2.05, 4.69) is 0 Å².